The summed E-state index contributed by atoms with van der Waals surface area (Å²) in [6, 6.07) is 10.1. The Hall–Kier alpha value is -3.07. The van der Waals surface area contributed by atoms with E-state index in [4.69, 9.17) is 9.47 Å². The summed E-state index contributed by atoms with van der Waals surface area (Å²) in [6.45, 7) is 1.08. The van der Waals surface area contributed by atoms with Gasteiger partial charge in [0.1, 0.15) is 0 Å². The minimum absolute atomic E-state index is 0.293. The Labute approximate surface area is 174 Å². The van der Waals surface area contributed by atoms with Crippen molar-refractivity contribution in [2.45, 2.75) is 19.0 Å². The number of carbonyl (C=O) groups is 1. The number of anilines is 1. The van der Waals surface area contributed by atoms with Crippen LogP contribution in [0.25, 0.3) is 0 Å². The molecule has 2 heterocycles. The Kier molecular flexibility index (Phi) is 5.63. The van der Waals surface area contributed by atoms with Crippen molar-refractivity contribution >= 4 is 22.4 Å². The van der Waals surface area contributed by atoms with Gasteiger partial charge in [-0.15, -0.1) is 11.3 Å². The maximum atomic E-state index is 12.9. The zero-order valence-electron chi connectivity index (χ0n) is 15.7. The summed E-state index contributed by atoms with van der Waals surface area (Å²) in [5, 5.41) is 3.08. The predicted molar refractivity (Wildman–Crippen MR) is 106 cm³/mol. The number of amides is 1. The first-order valence-corrected chi connectivity index (χ1v) is 10.0. The molecular formula is C21H17F3N2O3S. The number of thiazole rings is 1. The first-order chi connectivity index (χ1) is 14.4. The third-order valence-corrected chi connectivity index (χ3v) is 5.33. The number of aromatic nitrogens is 1. The van der Waals surface area contributed by atoms with E-state index >= 15 is 0 Å². The molecule has 30 heavy (non-hydrogen) atoms. The lowest BCUT2D eigenvalue weighted by Crippen LogP contribution is -2.11. The fraction of sp³-hybridized carbons (Fsp3) is 0.238. The van der Waals surface area contributed by atoms with Crippen LogP contribution < -0.4 is 14.8 Å². The van der Waals surface area contributed by atoms with Crippen molar-refractivity contribution in [1.82, 2.24) is 4.98 Å². The molecule has 1 aromatic heterocycles. The van der Waals surface area contributed by atoms with E-state index in [1.807, 2.05) is 0 Å². The second-order valence-corrected chi connectivity index (χ2v) is 7.79. The molecule has 9 heteroatoms. The van der Waals surface area contributed by atoms with Gasteiger partial charge < -0.3 is 9.47 Å². The molecule has 0 fully saturated rings. The largest absolute Gasteiger partial charge is 0.490 e. The van der Waals surface area contributed by atoms with Gasteiger partial charge in [-0.05, 0) is 29.8 Å². The van der Waals surface area contributed by atoms with Crippen LogP contribution in [0.4, 0.5) is 18.3 Å². The molecular weight excluding hydrogens is 417 g/mol. The smallest absolute Gasteiger partial charge is 0.416 e. The van der Waals surface area contributed by atoms with Crippen LogP contribution in [0.2, 0.25) is 0 Å². The molecule has 0 bridgehead atoms. The first kappa shape index (κ1) is 20.2. The monoisotopic (exact) mass is 434 g/mol. The summed E-state index contributed by atoms with van der Waals surface area (Å²) in [6.07, 6.45) is -1.77. The molecule has 1 aliphatic rings. The van der Waals surface area contributed by atoms with Crippen molar-refractivity contribution < 1.29 is 27.4 Å². The Morgan fingerprint density at radius 1 is 1.10 bits per heavy atom. The molecule has 0 atom stereocenters. The number of alkyl halides is 3. The summed E-state index contributed by atoms with van der Waals surface area (Å²) >= 11 is 1.22. The highest BCUT2D eigenvalue weighted by atomic mass is 32.1. The van der Waals surface area contributed by atoms with E-state index in [9.17, 15) is 18.0 Å². The number of fused-ring (bicyclic) bond motifs is 1. The molecule has 4 rings (SSSR count). The zero-order valence-corrected chi connectivity index (χ0v) is 16.5. The van der Waals surface area contributed by atoms with E-state index in [1.54, 1.807) is 30.5 Å². The number of rotatable bonds is 4. The second kappa shape index (κ2) is 8.35. The van der Waals surface area contributed by atoms with Gasteiger partial charge in [0.2, 0.25) is 0 Å². The molecule has 1 amide bonds. The lowest BCUT2D eigenvalue weighted by molar-refractivity contribution is -0.137. The number of carbonyl (C=O) groups excluding carboxylic acids is 1. The number of hydrogen-bond donors (Lipinski definition) is 1. The van der Waals surface area contributed by atoms with Crippen LogP contribution in [0, 0.1) is 0 Å². The molecule has 156 valence electrons. The third-order valence-electron chi connectivity index (χ3n) is 4.42. The Balaban J connectivity index is 1.43. The van der Waals surface area contributed by atoms with Gasteiger partial charge >= 0.3 is 6.18 Å². The predicted octanol–water partition coefficient (Wildman–Crippen LogP) is 5.17. The van der Waals surface area contributed by atoms with Crippen LogP contribution in [0.1, 0.15) is 32.8 Å². The standard InChI is InChI=1S/C21H17F3N2O3S/c22-21(23,24)15-4-1-3-13(9-15)10-16-12-25-20(30-16)26-19(27)14-5-6-17-18(11-14)29-8-2-7-28-17/h1,3-6,9,11-12H,2,7-8,10H2,(H,25,26,27). The highest BCUT2D eigenvalue weighted by Gasteiger charge is 2.30. The number of halogens is 3. The minimum atomic E-state index is -4.38. The van der Waals surface area contributed by atoms with Crippen molar-refractivity contribution in [3.63, 3.8) is 0 Å². The van der Waals surface area contributed by atoms with Crippen molar-refractivity contribution in [3.8, 4) is 11.5 Å². The fourth-order valence-electron chi connectivity index (χ4n) is 2.98. The number of hydrogen-bond acceptors (Lipinski definition) is 5. The van der Waals surface area contributed by atoms with E-state index in [1.165, 1.54) is 17.4 Å². The Bertz CT molecular complexity index is 1070. The summed E-state index contributed by atoms with van der Waals surface area (Å²) in [7, 11) is 0. The molecule has 0 aliphatic carbocycles. The Morgan fingerprint density at radius 2 is 1.90 bits per heavy atom. The van der Waals surface area contributed by atoms with Crippen LogP contribution in [0.3, 0.4) is 0 Å². The minimum Gasteiger partial charge on any atom is -0.490 e. The van der Waals surface area contributed by atoms with Crippen LogP contribution in [-0.2, 0) is 12.6 Å². The summed E-state index contributed by atoms with van der Waals surface area (Å²) < 4.78 is 49.8. The zero-order chi connectivity index (χ0) is 21.1. The van der Waals surface area contributed by atoms with Crippen LogP contribution in [0.5, 0.6) is 11.5 Å². The number of nitrogens with zero attached hydrogens (tertiary/aromatic N) is 1. The van der Waals surface area contributed by atoms with Gasteiger partial charge in [0, 0.05) is 29.5 Å². The van der Waals surface area contributed by atoms with Crippen LogP contribution >= 0.6 is 11.3 Å². The van der Waals surface area contributed by atoms with Gasteiger partial charge in [0.15, 0.2) is 16.6 Å². The molecule has 1 N–H and O–H groups in total. The summed E-state index contributed by atoms with van der Waals surface area (Å²) in [5.74, 6) is 0.761. The van der Waals surface area contributed by atoms with Gasteiger partial charge in [-0.3, -0.25) is 10.1 Å². The number of benzene rings is 2. The molecule has 2 aromatic carbocycles. The maximum absolute atomic E-state index is 12.9. The molecule has 1 aliphatic heterocycles. The lowest BCUT2D eigenvalue weighted by Gasteiger charge is -2.09. The van der Waals surface area contributed by atoms with Crippen molar-refractivity contribution in [1.29, 1.82) is 0 Å². The van der Waals surface area contributed by atoms with E-state index in [-0.39, 0.29) is 5.91 Å². The highest BCUT2D eigenvalue weighted by molar-refractivity contribution is 7.15. The molecule has 5 nitrogen and oxygen atoms in total. The molecule has 0 saturated heterocycles. The topological polar surface area (TPSA) is 60.5 Å². The lowest BCUT2D eigenvalue weighted by atomic mass is 10.1. The molecule has 0 unspecified atom stereocenters. The van der Waals surface area contributed by atoms with Crippen molar-refractivity contribution in [3.05, 3.63) is 70.2 Å². The van der Waals surface area contributed by atoms with Gasteiger partial charge in [-0.25, -0.2) is 4.98 Å². The van der Waals surface area contributed by atoms with E-state index in [0.717, 1.165) is 23.4 Å². The maximum Gasteiger partial charge on any atom is 0.416 e. The van der Waals surface area contributed by atoms with Crippen molar-refractivity contribution in [2.24, 2.45) is 0 Å². The normalized spacial score (nSPS) is 13.6. The molecule has 0 radical (unpaired) electrons. The van der Waals surface area contributed by atoms with Crippen molar-refractivity contribution in [2.75, 3.05) is 18.5 Å². The van der Waals surface area contributed by atoms with Gasteiger partial charge in [0.05, 0.1) is 18.8 Å². The average Bonchev–Trinajstić information content (AvgIpc) is 3.00. The number of ether oxygens (including phenoxy) is 2. The molecule has 3 aromatic rings. The third kappa shape index (κ3) is 4.73. The number of nitrogens with one attached hydrogen (secondary N) is 1. The quantitative estimate of drug-likeness (QED) is 0.616. The van der Waals surface area contributed by atoms with Crippen LogP contribution in [-0.4, -0.2) is 24.1 Å². The van der Waals surface area contributed by atoms with E-state index in [0.29, 0.717) is 47.4 Å². The van der Waals surface area contributed by atoms with E-state index < -0.39 is 11.7 Å². The van der Waals surface area contributed by atoms with Gasteiger partial charge in [0.25, 0.3) is 5.91 Å². The van der Waals surface area contributed by atoms with Gasteiger partial charge in [-0.1, -0.05) is 18.2 Å². The fourth-order valence-corrected chi connectivity index (χ4v) is 3.82. The molecule has 0 spiro atoms. The second-order valence-electron chi connectivity index (χ2n) is 6.67. The SMILES string of the molecule is O=C(Nc1ncc(Cc2cccc(C(F)(F)F)c2)s1)c1ccc2c(c1)OCCCO2. The van der Waals surface area contributed by atoms with Crippen LogP contribution in [0.15, 0.2) is 48.7 Å². The van der Waals surface area contributed by atoms with Gasteiger partial charge in [-0.2, -0.15) is 13.2 Å². The average molecular weight is 434 g/mol. The Morgan fingerprint density at radius 3 is 2.70 bits per heavy atom. The highest BCUT2D eigenvalue weighted by Crippen LogP contribution is 2.32. The van der Waals surface area contributed by atoms with E-state index in [2.05, 4.69) is 10.3 Å². The first-order valence-electron chi connectivity index (χ1n) is 9.20. The molecule has 0 saturated carbocycles. The summed E-state index contributed by atoms with van der Waals surface area (Å²) in [4.78, 5) is 17.4. The summed E-state index contributed by atoms with van der Waals surface area (Å²) in [5.41, 5.74) is 0.232.